The molecule has 1 unspecified atom stereocenters. The summed E-state index contributed by atoms with van der Waals surface area (Å²) in [6, 6.07) is 0.733. The van der Waals surface area contributed by atoms with Gasteiger partial charge >= 0.3 is 0 Å². The van der Waals surface area contributed by atoms with Crippen LogP contribution in [0.3, 0.4) is 0 Å². The number of hydrogen-bond donors (Lipinski definition) is 1. The standard InChI is InChI=1S/C12H25N3/c1-5-13-8-11(2)9-15-7-6-12(10-15)14(3)4/h12-13H,2,5-10H2,1,3-4H3. The molecule has 0 aromatic rings. The van der Waals surface area contributed by atoms with Crippen LogP contribution in [0.4, 0.5) is 0 Å². The quantitative estimate of drug-likeness (QED) is 0.655. The molecule has 88 valence electrons. The van der Waals surface area contributed by atoms with E-state index in [1.54, 1.807) is 0 Å². The molecular formula is C12H25N3. The number of rotatable bonds is 6. The second-order valence-corrected chi connectivity index (χ2v) is 4.67. The molecule has 1 heterocycles. The van der Waals surface area contributed by atoms with Gasteiger partial charge in [0, 0.05) is 32.2 Å². The summed E-state index contributed by atoms with van der Waals surface area (Å²) >= 11 is 0. The molecular weight excluding hydrogens is 186 g/mol. The van der Waals surface area contributed by atoms with E-state index in [9.17, 15) is 0 Å². The second-order valence-electron chi connectivity index (χ2n) is 4.67. The maximum Gasteiger partial charge on any atom is 0.0229 e. The molecule has 0 bridgehead atoms. The van der Waals surface area contributed by atoms with Crippen LogP contribution in [0.2, 0.25) is 0 Å². The minimum Gasteiger partial charge on any atom is -0.313 e. The zero-order valence-electron chi connectivity index (χ0n) is 10.4. The lowest BCUT2D eigenvalue weighted by molar-refractivity contribution is 0.277. The summed E-state index contributed by atoms with van der Waals surface area (Å²) in [6.07, 6.45) is 1.29. The lowest BCUT2D eigenvalue weighted by Gasteiger charge is -2.21. The molecule has 0 spiro atoms. The van der Waals surface area contributed by atoms with E-state index in [-0.39, 0.29) is 0 Å². The molecule has 3 heteroatoms. The van der Waals surface area contributed by atoms with Crippen molar-refractivity contribution >= 4 is 0 Å². The van der Waals surface area contributed by atoms with Crippen molar-refractivity contribution in [1.82, 2.24) is 15.1 Å². The average Bonchev–Trinajstić information content (AvgIpc) is 2.63. The van der Waals surface area contributed by atoms with Crippen molar-refractivity contribution in [2.75, 3.05) is 46.8 Å². The van der Waals surface area contributed by atoms with Crippen LogP contribution in [0.15, 0.2) is 12.2 Å². The minimum atomic E-state index is 0.733. The average molecular weight is 211 g/mol. The maximum absolute atomic E-state index is 4.11. The summed E-state index contributed by atoms with van der Waals surface area (Å²) in [5.74, 6) is 0. The fraction of sp³-hybridized carbons (Fsp3) is 0.833. The molecule has 0 aromatic heterocycles. The van der Waals surface area contributed by atoms with E-state index in [1.807, 2.05) is 0 Å². The van der Waals surface area contributed by atoms with Gasteiger partial charge in [0.05, 0.1) is 0 Å². The van der Waals surface area contributed by atoms with E-state index in [0.29, 0.717) is 0 Å². The van der Waals surface area contributed by atoms with Crippen molar-refractivity contribution in [1.29, 1.82) is 0 Å². The van der Waals surface area contributed by atoms with Crippen molar-refractivity contribution in [3.63, 3.8) is 0 Å². The molecule has 0 radical (unpaired) electrons. The van der Waals surface area contributed by atoms with Gasteiger partial charge < -0.3 is 10.2 Å². The lowest BCUT2D eigenvalue weighted by atomic mass is 10.2. The fourth-order valence-corrected chi connectivity index (χ4v) is 2.05. The summed E-state index contributed by atoms with van der Waals surface area (Å²) < 4.78 is 0. The summed E-state index contributed by atoms with van der Waals surface area (Å²) in [4.78, 5) is 4.83. The molecule has 3 nitrogen and oxygen atoms in total. The minimum absolute atomic E-state index is 0.733. The Hall–Kier alpha value is -0.380. The van der Waals surface area contributed by atoms with Crippen LogP contribution in [0.25, 0.3) is 0 Å². The number of likely N-dealkylation sites (N-methyl/N-ethyl adjacent to an activating group) is 2. The highest BCUT2D eigenvalue weighted by Gasteiger charge is 2.23. The maximum atomic E-state index is 4.11. The van der Waals surface area contributed by atoms with Crippen LogP contribution >= 0.6 is 0 Å². The Morgan fingerprint density at radius 2 is 2.27 bits per heavy atom. The molecule has 1 saturated heterocycles. The number of likely N-dealkylation sites (tertiary alicyclic amines) is 1. The largest absolute Gasteiger partial charge is 0.313 e. The van der Waals surface area contributed by atoms with Gasteiger partial charge in [-0.2, -0.15) is 0 Å². The van der Waals surface area contributed by atoms with Gasteiger partial charge in [0.15, 0.2) is 0 Å². The molecule has 1 fully saturated rings. The Morgan fingerprint density at radius 3 is 2.80 bits per heavy atom. The predicted molar refractivity (Wildman–Crippen MR) is 66.2 cm³/mol. The Balaban J connectivity index is 2.20. The third-order valence-corrected chi connectivity index (χ3v) is 3.05. The molecule has 1 atom stereocenters. The highest BCUT2D eigenvalue weighted by Crippen LogP contribution is 2.13. The molecule has 1 aliphatic rings. The topological polar surface area (TPSA) is 18.5 Å². The summed E-state index contributed by atoms with van der Waals surface area (Å²) in [6.45, 7) is 11.7. The second kappa shape index (κ2) is 6.26. The van der Waals surface area contributed by atoms with Crippen LogP contribution in [0, 0.1) is 0 Å². The Bertz CT molecular complexity index is 201. The first-order valence-electron chi connectivity index (χ1n) is 5.89. The lowest BCUT2D eigenvalue weighted by Crippen LogP contribution is -2.33. The number of nitrogens with one attached hydrogen (secondary N) is 1. The van der Waals surface area contributed by atoms with Gasteiger partial charge in [-0.25, -0.2) is 0 Å². The van der Waals surface area contributed by atoms with Gasteiger partial charge in [-0.15, -0.1) is 0 Å². The zero-order chi connectivity index (χ0) is 11.3. The smallest absolute Gasteiger partial charge is 0.0229 e. The summed E-state index contributed by atoms with van der Waals surface area (Å²) in [7, 11) is 4.34. The monoisotopic (exact) mass is 211 g/mol. The predicted octanol–water partition coefficient (Wildman–Crippen LogP) is 0.788. The summed E-state index contributed by atoms with van der Waals surface area (Å²) in [5, 5.41) is 3.32. The van der Waals surface area contributed by atoms with Gasteiger partial charge in [0.1, 0.15) is 0 Å². The van der Waals surface area contributed by atoms with E-state index >= 15 is 0 Å². The van der Waals surface area contributed by atoms with E-state index < -0.39 is 0 Å². The third-order valence-electron chi connectivity index (χ3n) is 3.05. The van der Waals surface area contributed by atoms with Crippen molar-refractivity contribution in [3.8, 4) is 0 Å². The Labute approximate surface area is 94.1 Å². The molecule has 1 N–H and O–H groups in total. The fourth-order valence-electron chi connectivity index (χ4n) is 2.05. The normalized spacial score (nSPS) is 22.5. The molecule has 15 heavy (non-hydrogen) atoms. The van der Waals surface area contributed by atoms with Crippen LogP contribution in [-0.4, -0.2) is 62.7 Å². The first kappa shape index (κ1) is 12.7. The molecule has 1 aliphatic heterocycles. The highest BCUT2D eigenvalue weighted by atomic mass is 15.2. The van der Waals surface area contributed by atoms with E-state index in [2.05, 4.69) is 42.7 Å². The van der Waals surface area contributed by atoms with Crippen molar-refractivity contribution in [3.05, 3.63) is 12.2 Å². The molecule has 1 rings (SSSR count). The van der Waals surface area contributed by atoms with Crippen LogP contribution in [-0.2, 0) is 0 Å². The molecule has 0 amide bonds. The van der Waals surface area contributed by atoms with E-state index in [1.165, 1.54) is 25.1 Å². The molecule has 0 saturated carbocycles. The van der Waals surface area contributed by atoms with Crippen LogP contribution < -0.4 is 5.32 Å². The van der Waals surface area contributed by atoms with Gasteiger partial charge in [0.2, 0.25) is 0 Å². The van der Waals surface area contributed by atoms with E-state index in [4.69, 9.17) is 0 Å². The third kappa shape index (κ3) is 4.33. The SMILES string of the molecule is C=C(CNCC)CN1CCC(N(C)C)C1. The Kier molecular flexibility index (Phi) is 5.29. The van der Waals surface area contributed by atoms with Crippen LogP contribution in [0.1, 0.15) is 13.3 Å². The first-order chi connectivity index (χ1) is 7.13. The summed E-state index contributed by atoms with van der Waals surface area (Å²) in [5.41, 5.74) is 1.30. The van der Waals surface area contributed by atoms with Gasteiger partial charge in [-0.05, 0) is 32.6 Å². The van der Waals surface area contributed by atoms with Gasteiger partial charge in [-0.1, -0.05) is 13.5 Å². The van der Waals surface area contributed by atoms with Gasteiger partial charge in [-0.3, -0.25) is 4.90 Å². The first-order valence-corrected chi connectivity index (χ1v) is 5.89. The molecule has 0 aromatic carbocycles. The van der Waals surface area contributed by atoms with Crippen molar-refractivity contribution < 1.29 is 0 Å². The van der Waals surface area contributed by atoms with Crippen LogP contribution in [0.5, 0.6) is 0 Å². The zero-order valence-corrected chi connectivity index (χ0v) is 10.4. The van der Waals surface area contributed by atoms with Crippen molar-refractivity contribution in [2.24, 2.45) is 0 Å². The Morgan fingerprint density at radius 1 is 1.53 bits per heavy atom. The number of nitrogens with zero attached hydrogens (tertiary/aromatic N) is 2. The number of hydrogen-bond acceptors (Lipinski definition) is 3. The van der Waals surface area contributed by atoms with Gasteiger partial charge in [0.25, 0.3) is 0 Å². The highest BCUT2D eigenvalue weighted by molar-refractivity contribution is 5.01. The van der Waals surface area contributed by atoms with Crippen molar-refractivity contribution in [2.45, 2.75) is 19.4 Å². The van der Waals surface area contributed by atoms with E-state index in [0.717, 1.165) is 25.7 Å². The molecule has 0 aliphatic carbocycles.